The van der Waals surface area contributed by atoms with Gasteiger partial charge in [-0.25, -0.2) is 4.98 Å². The number of nitrogens with zero attached hydrogens (tertiary/aromatic N) is 2. The Labute approximate surface area is 132 Å². The summed E-state index contributed by atoms with van der Waals surface area (Å²) in [6.45, 7) is 0. The predicted molar refractivity (Wildman–Crippen MR) is 83.8 cm³/mol. The van der Waals surface area contributed by atoms with Crippen molar-refractivity contribution in [2.24, 2.45) is 0 Å². The smallest absolute Gasteiger partial charge is 0.271 e. The molecule has 0 unspecified atom stereocenters. The highest BCUT2D eigenvalue weighted by atomic mass is 35.5. The molecule has 21 heavy (non-hydrogen) atoms. The number of aromatic nitrogens is 2. The van der Waals surface area contributed by atoms with Gasteiger partial charge in [0.2, 0.25) is 0 Å². The third-order valence-corrected chi connectivity index (χ3v) is 3.91. The maximum absolute atomic E-state index is 12.2. The van der Waals surface area contributed by atoms with Gasteiger partial charge in [-0.3, -0.25) is 14.0 Å². The zero-order valence-electron chi connectivity index (χ0n) is 10.3. The Kier molecular flexibility index (Phi) is 3.67. The molecule has 2 aromatic heterocycles. The van der Waals surface area contributed by atoms with E-state index in [1.807, 2.05) is 0 Å². The Morgan fingerprint density at radius 2 is 1.95 bits per heavy atom. The predicted octanol–water partition coefficient (Wildman–Crippen LogP) is 3.32. The number of carbonyl (C=O) groups is 1. The maximum Gasteiger partial charge on any atom is 0.271 e. The van der Waals surface area contributed by atoms with E-state index in [0.29, 0.717) is 20.7 Å². The molecule has 0 saturated carbocycles. The fourth-order valence-corrected chi connectivity index (χ4v) is 3.01. The Morgan fingerprint density at radius 1 is 1.24 bits per heavy atom. The van der Waals surface area contributed by atoms with Crippen molar-refractivity contribution in [2.45, 2.75) is 0 Å². The quantitative estimate of drug-likeness (QED) is 0.778. The van der Waals surface area contributed by atoms with E-state index >= 15 is 0 Å². The van der Waals surface area contributed by atoms with Crippen LogP contribution in [0.5, 0.6) is 0 Å². The minimum atomic E-state index is -0.563. The van der Waals surface area contributed by atoms with Gasteiger partial charge in [0.15, 0.2) is 4.96 Å². The molecule has 0 bridgehead atoms. The Balaban J connectivity index is 1.97. The molecule has 0 aliphatic rings. The topological polar surface area (TPSA) is 63.5 Å². The van der Waals surface area contributed by atoms with Crippen LogP contribution in [0.25, 0.3) is 4.96 Å². The lowest BCUT2D eigenvalue weighted by atomic mass is 10.2. The molecular weight excluding hydrogens is 333 g/mol. The molecule has 1 N–H and O–H groups in total. The van der Waals surface area contributed by atoms with Crippen LogP contribution in [0.2, 0.25) is 10.0 Å². The molecule has 3 rings (SSSR count). The van der Waals surface area contributed by atoms with Crippen LogP contribution < -0.4 is 10.9 Å². The SMILES string of the molecule is O=C(Nc1cc(Cl)cc(Cl)c1)c1cnc2sccn2c1=O. The summed E-state index contributed by atoms with van der Waals surface area (Å²) >= 11 is 13.0. The first-order valence-corrected chi connectivity index (χ1v) is 7.40. The van der Waals surface area contributed by atoms with Crippen molar-refractivity contribution in [1.29, 1.82) is 0 Å². The molecule has 0 saturated heterocycles. The van der Waals surface area contributed by atoms with Crippen LogP contribution in [-0.4, -0.2) is 15.3 Å². The second-order valence-corrected chi connectivity index (χ2v) is 5.89. The second kappa shape index (κ2) is 5.48. The van der Waals surface area contributed by atoms with Crippen LogP contribution in [0.4, 0.5) is 5.69 Å². The molecular formula is C13H7Cl2N3O2S. The normalized spacial score (nSPS) is 10.8. The number of carbonyl (C=O) groups excluding carboxylic acids is 1. The number of benzene rings is 1. The van der Waals surface area contributed by atoms with Gasteiger partial charge < -0.3 is 5.32 Å². The number of halogens is 2. The summed E-state index contributed by atoms with van der Waals surface area (Å²) in [5.41, 5.74) is -0.0683. The third kappa shape index (κ3) is 2.78. The summed E-state index contributed by atoms with van der Waals surface area (Å²) in [5, 5.41) is 5.08. The molecule has 106 valence electrons. The van der Waals surface area contributed by atoms with Crippen LogP contribution in [0.3, 0.4) is 0 Å². The van der Waals surface area contributed by atoms with E-state index in [4.69, 9.17) is 23.2 Å². The monoisotopic (exact) mass is 339 g/mol. The van der Waals surface area contributed by atoms with Gasteiger partial charge in [0.25, 0.3) is 11.5 Å². The lowest BCUT2D eigenvalue weighted by Gasteiger charge is -2.06. The first-order chi connectivity index (χ1) is 10.0. The van der Waals surface area contributed by atoms with Crippen molar-refractivity contribution >= 4 is 51.1 Å². The summed E-state index contributed by atoms with van der Waals surface area (Å²) in [5.74, 6) is -0.563. The number of thiazole rings is 1. The Morgan fingerprint density at radius 3 is 2.67 bits per heavy atom. The molecule has 5 nitrogen and oxygen atoms in total. The van der Waals surface area contributed by atoms with E-state index in [0.717, 1.165) is 0 Å². The van der Waals surface area contributed by atoms with Crippen molar-refractivity contribution < 1.29 is 4.79 Å². The van der Waals surface area contributed by atoms with Gasteiger partial charge in [0, 0.05) is 33.5 Å². The first kappa shape index (κ1) is 14.1. The molecule has 2 heterocycles. The number of fused-ring (bicyclic) bond motifs is 1. The van der Waals surface area contributed by atoms with Crippen molar-refractivity contribution in [3.8, 4) is 0 Å². The lowest BCUT2D eigenvalue weighted by molar-refractivity contribution is 0.102. The van der Waals surface area contributed by atoms with E-state index in [-0.39, 0.29) is 5.56 Å². The van der Waals surface area contributed by atoms with E-state index < -0.39 is 11.5 Å². The Hall–Kier alpha value is -1.89. The molecule has 0 radical (unpaired) electrons. The molecule has 0 aliphatic heterocycles. The number of nitrogens with one attached hydrogen (secondary N) is 1. The van der Waals surface area contributed by atoms with Gasteiger partial charge in [-0.2, -0.15) is 0 Å². The summed E-state index contributed by atoms with van der Waals surface area (Å²) in [6.07, 6.45) is 2.83. The zero-order chi connectivity index (χ0) is 15.0. The molecule has 3 aromatic rings. The number of hydrogen-bond donors (Lipinski definition) is 1. The molecule has 0 spiro atoms. The molecule has 1 amide bonds. The highest BCUT2D eigenvalue weighted by Gasteiger charge is 2.14. The zero-order valence-corrected chi connectivity index (χ0v) is 12.7. The Bertz CT molecular complexity index is 884. The number of amides is 1. The fraction of sp³-hybridized carbons (Fsp3) is 0. The summed E-state index contributed by atoms with van der Waals surface area (Å²) in [6, 6.07) is 4.63. The average molecular weight is 340 g/mol. The third-order valence-electron chi connectivity index (χ3n) is 2.71. The number of hydrogen-bond acceptors (Lipinski definition) is 4. The van der Waals surface area contributed by atoms with Crippen molar-refractivity contribution in [2.75, 3.05) is 5.32 Å². The van der Waals surface area contributed by atoms with Crippen molar-refractivity contribution in [3.63, 3.8) is 0 Å². The van der Waals surface area contributed by atoms with Crippen LogP contribution >= 0.6 is 34.5 Å². The number of anilines is 1. The molecule has 0 atom stereocenters. The first-order valence-electron chi connectivity index (χ1n) is 5.77. The second-order valence-electron chi connectivity index (χ2n) is 4.14. The lowest BCUT2D eigenvalue weighted by Crippen LogP contribution is -2.25. The van der Waals surface area contributed by atoms with E-state index in [1.165, 1.54) is 21.9 Å². The highest BCUT2D eigenvalue weighted by molar-refractivity contribution is 7.15. The molecule has 0 fully saturated rings. The molecule has 0 aliphatic carbocycles. The summed E-state index contributed by atoms with van der Waals surface area (Å²) in [4.78, 5) is 28.9. The van der Waals surface area contributed by atoms with Gasteiger partial charge in [-0.05, 0) is 18.2 Å². The van der Waals surface area contributed by atoms with Crippen LogP contribution in [0.1, 0.15) is 10.4 Å². The standard InChI is InChI=1S/C13H7Cl2N3O2S/c14-7-3-8(15)5-9(4-7)17-11(19)10-6-16-13-18(12(10)20)1-2-21-13/h1-6H,(H,17,19). The molecule has 1 aromatic carbocycles. The van der Waals surface area contributed by atoms with Gasteiger partial charge >= 0.3 is 0 Å². The highest BCUT2D eigenvalue weighted by Crippen LogP contribution is 2.22. The van der Waals surface area contributed by atoms with E-state index in [9.17, 15) is 9.59 Å². The summed E-state index contributed by atoms with van der Waals surface area (Å²) < 4.78 is 1.32. The minimum absolute atomic E-state index is 0.0537. The van der Waals surface area contributed by atoms with E-state index in [2.05, 4.69) is 10.3 Å². The molecule has 8 heteroatoms. The average Bonchev–Trinajstić information content (AvgIpc) is 2.86. The largest absolute Gasteiger partial charge is 0.322 e. The maximum atomic E-state index is 12.2. The van der Waals surface area contributed by atoms with E-state index in [1.54, 1.807) is 29.8 Å². The van der Waals surface area contributed by atoms with Gasteiger partial charge in [-0.1, -0.05) is 23.2 Å². The van der Waals surface area contributed by atoms with Gasteiger partial charge in [-0.15, -0.1) is 11.3 Å². The van der Waals surface area contributed by atoms with Crippen LogP contribution in [-0.2, 0) is 0 Å². The van der Waals surface area contributed by atoms with Gasteiger partial charge in [0.1, 0.15) is 5.56 Å². The fourth-order valence-electron chi connectivity index (χ4n) is 1.80. The van der Waals surface area contributed by atoms with Gasteiger partial charge in [0.05, 0.1) is 0 Å². The van der Waals surface area contributed by atoms with Crippen molar-refractivity contribution in [1.82, 2.24) is 9.38 Å². The minimum Gasteiger partial charge on any atom is -0.322 e. The number of rotatable bonds is 2. The van der Waals surface area contributed by atoms with Crippen LogP contribution in [0.15, 0.2) is 40.8 Å². The van der Waals surface area contributed by atoms with Crippen LogP contribution in [0, 0.1) is 0 Å². The van der Waals surface area contributed by atoms with Crippen molar-refractivity contribution in [3.05, 3.63) is 61.9 Å². The summed E-state index contributed by atoms with van der Waals surface area (Å²) in [7, 11) is 0.